The van der Waals surface area contributed by atoms with E-state index in [0.29, 0.717) is 6.42 Å². The Morgan fingerprint density at radius 3 is 1.82 bits per heavy atom. The van der Waals surface area contributed by atoms with Crippen molar-refractivity contribution in [3.8, 4) is 0 Å². The molecule has 0 spiro atoms. The molecule has 0 radical (unpaired) electrons. The highest BCUT2D eigenvalue weighted by molar-refractivity contribution is 5.84. The van der Waals surface area contributed by atoms with Crippen LogP contribution in [-0.4, -0.2) is 47.2 Å². The monoisotopic (exact) mass is 534 g/mol. The molecule has 2 atom stereocenters. The van der Waals surface area contributed by atoms with E-state index < -0.39 is 41.3 Å². The maximum atomic E-state index is 12.9. The number of urea groups is 1. The van der Waals surface area contributed by atoms with E-state index in [9.17, 15) is 19.2 Å². The molecule has 0 saturated heterocycles. The van der Waals surface area contributed by atoms with Gasteiger partial charge in [0.2, 0.25) is 0 Å². The predicted octanol–water partition coefficient (Wildman–Crippen LogP) is 5.06. The molecular weight excluding hydrogens is 488 g/mol. The molecule has 1 aromatic carbocycles. The maximum Gasteiger partial charge on any atom is 0.329 e. The van der Waals surface area contributed by atoms with E-state index in [1.165, 1.54) is 0 Å². The summed E-state index contributed by atoms with van der Waals surface area (Å²) in [5, 5.41) is 5.52. The Hall–Kier alpha value is -3.10. The van der Waals surface area contributed by atoms with Gasteiger partial charge in [0.1, 0.15) is 23.9 Å². The minimum atomic E-state index is -1.06. The summed E-state index contributed by atoms with van der Waals surface area (Å²) in [7, 11) is 0. The van der Waals surface area contributed by atoms with Gasteiger partial charge in [0, 0.05) is 18.9 Å². The number of hydrogen-bond donors (Lipinski definition) is 2. The Kier molecular flexibility index (Phi) is 12.3. The molecule has 9 heteroatoms. The first-order chi connectivity index (χ1) is 17.4. The average Bonchev–Trinajstić information content (AvgIpc) is 2.75. The van der Waals surface area contributed by atoms with Gasteiger partial charge in [-0.2, -0.15) is 0 Å². The number of ether oxygens (including phenoxy) is 3. The molecule has 0 aliphatic carbocycles. The van der Waals surface area contributed by atoms with Gasteiger partial charge in [0.15, 0.2) is 0 Å². The molecule has 9 nitrogen and oxygen atoms in total. The molecule has 0 unspecified atom stereocenters. The first kappa shape index (κ1) is 32.9. The summed E-state index contributed by atoms with van der Waals surface area (Å²) in [6, 6.07) is 7.35. The normalized spacial score (nSPS) is 13.6. The summed E-state index contributed by atoms with van der Waals surface area (Å²) in [6.45, 7) is 16.5. The topological polar surface area (TPSA) is 120 Å². The van der Waals surface area contributed by atoms with Gasteiger partial charge in [-0.05, 0) is 65.4 Å². The summed E-state index contributed by atoms with van der Waals surface area (Å²) in [5.74, 6) is -1.49. The van der Waals surface area contributed by atoms with Crippen LogP contribution in [0.3, 0.4) is 0 Å². The molecule has 2 N–H and O–H groups in total. The molecule has 0 heterocycles. The lowest BCUT2D eigenvalue weighted by Gasteiger charge is -2.32. The van der Waals surface area contributed by atoms with Gasteiger partial charge in [0.25, 0.3) is 0 Å². The van der Waals surface area contributed by atoms with Crippen molar-refractivity contribution in [1.29, 1.82) is 0 Å². The molecule has 0 saturated carbocycles. The lowest BCUT2D eigenvalue weighted by Crippen LogP contribution is -2.53. The second-order valence-corrected chi connectivity index (χ2v) is 12.4. The van der Waals surface area contributed by atoms with E-state index in [1.807, 2.05) is 51.1 Å². The van der Waals surface area contributed by atoms with Crippen molar-refractivity contribution >= 4 is 23.9 Å². The molecule has 38 heavy (non-hydrogen) atoms. The van der Waals surface area contributed by atoms with Crippen LogP contribution in [0, 0.1) is 5.41 Å². The van der Waals surface area contributed by atoms with Crippen LogP contribution in [0.5, 0.6) is 0 Å². The smallest absolute Gasteiger partial charge is 0.329 e. The van der Waals surface area contributed by atoms with Crippen LogP contribution in [0.15, 0.2) is 30.3 Å². The number of amides is 2. The fourth-order valence-electron chi connectivity index (χ4n) is 3.43. The molecule has 1 aromatic rings. The van der Waals surface area contributed by atoms with Crippen LogP contribution in [0.4, 0.5) is 4.79 Å². The number of hydrogen-bond acceptors (Lipinski definition) is 7. The highest BCUT2D eigenvalue weighted by atomic mass is 16.6. The molecule has 0 aromatic heterocycles. The summed E-state index contributed by atoms with van der Waals surface area (Å²) in [4.78, 5) is 50.3. The number of carbonyl (C=O) groups is 4. The number of benzene rings is 1. The largest absolute Gasteiger partial charge is 0.461 e. The average molecular weight is 535 g/mol. The third-order valence-corrected chi connectivity index (χ3v) is 5.28. The Morgan fingerprint density at radius 2 is 1.29 bits per heavy atom. The Morgan fingerprint density at radius 1 is 0.737 bits per heavy atom. The molecule has 214 valence electrons. The van der Waals surface area contributed by atoms with Gasteiger partial charge in [-0.1, -0.05) is 51.1 Å². The minimum absolute atomic E-state index is 0.0171. The summed E-state index contributed by atoms with van der Waals surface area (Å²) in [6.07, 6.45) is 0.406. The lowest BCUT2D eigenvalue weighted by atomic mass is 9.84. The first-order valence-electron chi connectivity index (χ1n) is 13.1. The Bertz CT molecular complexity index is 925. The zero-order valence-electron chi connectivity index (χ0n) is 24.4. The van der Waals surface area contributed by atoms with Gasteiger partial charge in [-0.15, -0.1) is 0 Å². The fourth-order valence-corrected chi connectivity index (χ4v) is 3.43. The Labute approximate surface area is 227 Å². The van der Waals surface area contributed by atoms with Gasteiger partial charge in [-0.3, -0.25) is 9.59 Å². The standard InChI is InChI=1S/C29H46N2O7/c1-27(2,3)22(16-18-23(32)36-19-20-13-11-10-12-14-20)31-26(35)30-21(25(34)38-29(7,8)9)15-17-24(33)37-28(4,5)6/h10-14,21-22H,15-19H2,1-9H3,(H2,30,31,35)/t21-,22-/m0/s1. The van der Waals surface area contributed by atoms with Crippen molar-refractivity contribution in [2.24, 2.45) is 5.41 Å². The summed E-state index contributed by atoms with van der Waals surface area (Å²) >= 11 is 0. The quantitative estimate of drug-likeness (QED) is 0.301. The van der Waals surface area contributed by atoms with Crippen LogP contribution in [0.2, 0.25) is 0 Å². The molecule has 2 amide bonds. The third kappa shape index (κ3) is 14.6. The minimum Gasteiger partial charge on any atom is -0.461 e. The predicted molar refractivity (Wildman–Crippen MR) is 145 cm³/mol. The second-order valence-electron chi connectivity index (χ2n) is 12.4. The van der Waals surface area contributed by atoms with E-state index >= 15 is 0 Å². The van der Waals surface area contributed by atoms with Crippen molar-refractivity contribution in [2.75, 3.05) is 0 Å². The zero-order valence-corrected chi connectivity index (χ0v) is 24.4. The molecule has 0 bridgehead atoms. The van der Waals surface area contributed by atoms with E-state index in [4.69, 9.17) is 14.2 Å². The van der Waals surface area contributed by atoms with E-state index in [1.54, 1.807) is 41.5 Å². The molecule has 0 aliphatic heterocycles. The molecular formula is C29H46N2O7. The van der Waals surface area contributed by atoms with Crippen molar-refractivity contribution in [2.45, 2.75) is 118 Å². The maximum absolute atomic E-state index is 12.9. The van der Waals surface area contributed by atoms with Gasteiger partial charge in [-0.25, -0.2) is 9.59 Å². The van der Waals surface area contributed by atoms with Crippen molar-refractivity contribution in [3.63, 3.8) is 0 Å². The van der Waals surface area contributed by atoms with Gasteiger partial charge >= 0.3 is 23.9 Å². The molecule has 1 rings (SSSR count). The summed E-state index contributed by atoms with van der Waals surface area (Å²) in [5.41, 5.74) is -0.918. The number of nitrogens with one attached hydrogen (secondary N) is 2. The SMILES string of the molecule is CC(C)(C)OC(=O)CC[C@H](NC(=O)N[C@@H](CCC(=O)OCc1ccccc1)C(C)(C)C)C(=O)OC(C)(C)C. The lowest BCUT2D eigenvalue weighted by molar-refractivity contribution is -0.158. The molecule has 0 fully saturated rings. The first-order valence-corrected chi connectivity index (χ1v) is 13.1. The van der Waals surface area contributed by atoms with E-state index in [-0.39, 0.29) is 37.3 Å². The highest BCUT2D eigenvalue weighted by Crippen LogP contribution is 2.23. The zero-order chi connectivity index (χ0) is 29.1. The van der Waals surface area contributed by atoms with Crippen LogP contribution in [0.25, 0.3) is 0 Å². The number of carbonyl (C=O) groups excluding carboxylic acids is 4. The van der Waals surface area contributed by atoms with Crippen molar-refractivity contribution in [3.05, 3.63) is 35.9 Å². The summed E-state index contributed by atoms with van der Waals surface area (Å²) < 4.78 is 16.1. The molecule has 0 aliphatic rings. The van der Waals surface area contributed by atoms with Crippen LogP contribution < -0.4 is 10.6 Å². The Balaban J connectivity index is 2.78. The second kappa shape index (κ2) is 14.2. The number of esters is 3. The van der Waals surface area contributed by atoms with Crippen LogP contribution >= 0.6 is 0 Å². The third-order valence-electron chi connectivity index (χ3n) is 5.28. The van der Waals surface area contributed by atoms with Crippen LogP contribution in [0.1, 0.15) is 93.6 Å². The van der Waals surface area contributed by atoms with Gasteiger partial charge in [0.05, 0.1) is 0 Å². The van der Waals surface area contributed by atoms with Crippen molar-refractivity contribution < 1.29 is 33.4 Å². The van der Waals surface area contributed by atoms with E-state index in [0.717, 1.165) is 5.56 Å². The van der Waals surface area contributed by atoms with E-state index in [2.05, 4.69) is 10.6 Å². The number of rotatable bonds is 11. The highest BCUT2D eigenvalue weighted by Gasteiger charge is 2.31. The van der Waals surface area contributed by atoms with Crippen molar-refractivity contribution in [1.82, 2.24) is 10.6 Å². The van der Waals surface area contributed by atoms with Gasteiger partial charge < -0.3 is 24.8 Å². The fraction of sp³-hybridized carbons (Fsp3) is 0.655. The van der Waals surface area contributed by atoms with Crippen LogP contribution in [-0.2, 0) is 35.2 Å².